The number of hydrogen-bond donors (Lipinski definition) is 6. The van der Waals surface area contributed by atoms with Gasteiger partial charge in [0.2, 0.25) is 0 Å². The van der Waals surface area contributed by atoms with E-state index in [-0.39, 0.29) is 17.6 Å². The van der Waals surface area contributed by atoms with E-state index in [9.17, 15) is 19.2 Å². The second-order valence-electron chi connectivity index (χ2n) is 3.49. The smallest absolute Gasteiger partial charge is 0.336 e. The first kappa shape index (κ1) is 23.4. The Morgan fingerprint density at radius 1 is 0.950 bits per heavy atom. The molecule has 1 unspecified atom stereocenters. The molecule has 0 aliphatic heterocycles. The predicted octanol–water partition coefficient (Wildman–Crippen LogP) is -2.18. The fourth-order valence-corrected chi connectivity index (χ4v) is 0.714. The fourth-order valence-electron chi connectivity index (χ4n) is 0.714. The van der Waals surface area contributed by atoms with Gasteiger partial charge < -0.3 is 30.6 Å². The number of hydrogen-bond acceptors (Lipinski definition) is 6. The van der Waals surface area contributed by atoms with E-state index >= 15 is 0 Å². The summed E-state index contributed by atoms with van der Waals surface area (Å²) >= 11 is 0. The van der Waals surface area contributed by atoms with Crippen molar-refractivity contribution >= 4 is 41.5 Å². The van der Waals surface area contributed by atoms with Gasteiger partial charge in [-0.2, -0.15) is 0 Å². The summed E-state index contributed by atoms with van der Waals surface area (Å²) < 4.78 is 0. The molecule has 0 heterocycles. The molecule has 0 aromatic rings. The first-order valence-corrected chi connectivity index (χ1v) is 4.72. The molecule has 0 aliphatic rings. The van der Waals surface area contributed by atoms with Gasteiger partial charge in [-0.1, -0.05) is 0 Å². The molecular weight excluding hydrogens is 341 g/mol. The van der Waals surface area contributed by atoms with Gasteiger partial charge in [-0.3, -0.25) is 9.59 Å². The van der Waals surface area contributed by atoms with Gasteiger partial charge in [-0.15, -0.1) is 0 Å². The van der Waals surface area contributed by atoms with Crippen LogP contribution in [0, 0.1) is 0 Å². The van der Waals surface area contributed by atoms with E-state index in [1.165, 1.54) is 6.92 Å². The van der Waals surface area contributed by atoms with Crippen molar-refractivity contribution in [3.8, 4) is 0 Å². The van der Waals surface area contributed by atoms with Crippen molar-refractivity contribution in [1.82, 2.24) is 0 Å². The third kappa shape index (κ3) is 11.4. The second kappa shape index (κ2) is 10.2. The van der Waals surface area contributed by atoms with Crippen molar-refractivity contribution in [2.24, 2.45) is 0 Å². The van der Waals surface area contributed by atoms with Crippen molar-refractivity contribution in [3.63, 3.8) is 0 Å². The fraction of sp³-hybridized carbons (Fsp3) is 0.556. The van der Waals surface area contributed by atoms with Crippen LogP contribution in [0.4, 0.5) is 0 Å². The van der Waals surface area contributed by atoms with Crippen molar-refractivity contribution in [3.05, 3.63) is 0 Å². The van der Waals surface area contributed by atoms with Gasteiger partial charge in [0.15, 0.2) is 5.60 Å². The molecule has 0 aliphatic carbocycles. The monoisotopic (exact) mass is 356 g/mol. The Morgan fingerprint density at radius 3 is 1.30 bits per heavy atom. The molecule has 4 radical (unpaired) electrons. The minimum Gasteiger partial charge on any atom is -0.481 e. The maximum Gasteiger partial charge on any atom is 0.336 e. The van der Waals surface area contributed by atoms with Gasteiger partial charge in [-0.05, 0) is 6.92 Å². The molecule has 0 aromatic heterocycles. The zero-order valence-corrected chi connectivity index (χ0v) is 12.4. The standard InChI is InChI=1S/C6H8O7.C3H6O3.Ge/c7-3(8)1-6(13,5(11)12)2-4(9)10;1-2(4)3(5)6;/h13H,1-2H2,(H,7,8)(H,9,10)(H,11,12);2,4H,1H3,(H,5,6);. The molecule has 0 saturated carbocycles. The van der Waals surface area contributed by atoms with Crippen molar-refractivity contribution in [2.75, 3.05) is 0 Å². The van der Waals surface area contributed by atoms with Gasteiger partial charge in [-0.25, -0.2) is 9.59 Å². The topological polar surface area (TPSA) is 190 Å². The van der Waals surface area contributed by atoms with Crippen LogP contribution in [0.15, 0.2) is 0 Å². The number of aliphatic hydroxyl groups is 2. The van der Waals surface area contributed by atoms with E-state index in [0.29, 0.717) is 0 Å². The SMILES string of the molecule is CC(O)C(=O)O.O=C(O)CC(O)(CC(=O)O)C(=O)O.[Ge]. The van der Waals surface area contributed by atoms with E-state index in [0.717, 1.165) is 0 Å². The van der Waals surface area contributed by atoms with Crippen LogP contribution >= 0.6 is 0 Å². The van der Waals surface area contributed by atoms with Crippen molar-refractivity contribution < 1.29 is 49.8 Å². The minimum atomic E-state index is -2.74. The zero-order chi connectivity index (χ0) is 15.8. The number of rotatable bonds is 6. The van der Waals surface area contributed by atoms with Crippen LogP contribution in [0.2, 0.25) is 0 Å². The molecule has 0 bridgehead atoms. The van der Waals surface area contributed by atoms with E-state index in [4.69, 9.17) is 30.6 Å². The first-order valence-electron chi connectivity index (χ1n) is 4.72. The molecule has 10 nitrogen and oxygen atoms in total. The summed E-state index contributed by atoms with van der Waals surface area (Å²) in [6.45, 7) is 1.20. The molecular formula is C9H14GeO10. The van der Waals surface area contributed by atoms with E-state index < -0.39 is 48.4 Å². The Kier molecular flexibility index (Phi) is 11.9. The Balaban J connectivity index is -0.000000352. The first-order chi connectivity index (χ1) is 8.42. The van der Waals surface area contributed by atoms with Crippen LogP contribution in [0.25, 0.3) is 0 Å². The number of carbonyl (C=O) groups is 4. The molecule has 11 heteroatoms. The summed E-state index contributed by atoms with van der Waals surface area (Å²) in [6.07, 6.45) is -3.52. The Bertz CT molecular complexity index is 348. The van der Waals surface area contributed by atoms with E-state index in [2.05, 4.69) is 0 Å². The molecule has 0 rings (SSSR count). The summed E-state index contributed by atoms with van der Waals surface area (Å²) in [4.78, 5) is 39.9. The van der Waals surface area contributed by atoms with Crippen molar-refractivity contribution in [2.45, 2.75) is 31.5 Å². The number of aliphatic hydroxyl groups excluding tert-OH is 1. The quantitative estimate of drug-likeness (QED) is 0.286. The molecule has 0 amide bonds. The molecule has 6 N–H and O–H groups in total. The average Bonchev–Trinajstić information content (AvgIpc) is 2.14. The van der Waals surface area contributed by atoms with E-state index in [1.54, 1.807) is 0 Å². The number of carboxylic acids is 4. The van der Waals surface area contributed by atoms with Gasteiger partial charge >= 0.3 is 23.9 Å². The molecule has 0 aromatic carbocycles. The second-order valence-corrected chi connectivity index (χ2v) is 3.49. The van der Waals surface area contributed by atoms with Gasteiger partial charge in [0.05, 0.1) is 12.8 Å². The zero-order valence-electron chi connectivity index (χ0n) is 10.3. The van der Waals surface area contributed by atoms with E-state index in [1.807, 2.05) is 0 Å². The van der Waals surface area contributed by atoms with Crippen LogP contribution < -0.4 is 0 Å². The molecule has 0 spiro atoms. The number of carboxylic acid groups (broad SMARTS) is 4. The van der Waals surface area contributed by atoms with Crippen molar-refractivity contribution in [1.29, 1.82) is 0 Å². The molecule has 114 valence electrons. The maximum absolute atomic E-state index is 10.3. The van der Waals surface area contributed by atoms with Crippen LogP contribution in [0.5, 0.6) is 0 Å². The summed E-state index contributed by atoms with van der Waals surface area (Å²) in [5.74, 6) is -6.20. The Hall–Kier alpha value is -1.66. The Morgan fingerprint density at radius 2 is 1.20 bits per heavy atom. The molecule has 1 atom stereocenters. The maximum atomic E-state index is 10.3. The minimum absolute atomic E-state index is 0. The largest absolute Gasteiger partial charge is 0.481 e. The van der Waals surface area contributed by atoms with Gasteiger partial charge in [0.1, 0.15) is 6.10 Å². The number of aliphatic carboxylic acids is 4. The van der Waals surface area contributed by atoms with Crippen LogP contribution in [-0.2, 0) is 19.2 Å². The van der Waals surface area contributed by atoms with Gasteiger partial charge in [0, 0.05) is 17.6 Å². The summed E-state index contributed by atoms with van der Waals surface area (Å²) in [7, 11) is 0. The predicted molar refractivity (Wildman–Crippen MR) is 62.2 cm³/mol. The Labute approximate surface area is 123 Å². The summed E-state index contributed by atoms with van der Waals surface area (Å²) in [6, 6.07) is 0. The van der Waals surface area contributed by atoms with Crippen LogP contribution in [-0.4, -0.2) is 83.8 Å². The molecule has 0 saturated heterocycles. The summed E-state index contributed by atoms with van der Waals surface area (Å²) in [5.41, 5.74) is -2.74. The van der Waals surface area contributed by atoms with Gasteiger partial charge in [0.25, 0.3) is 0 Å². The van der Waals surface area contributed by atoms with Crippen LogP contribution in [0.1, 0.15) is 19.8 Å². The third-order valence-corrected chi connectivity index (χ3v) is 1.64. The molecule has 0 fully saturated rings. The average molecular weight is 355 g/mol. The normalized spacial score (nSPS) is 11.2. The third-order valence-electron chi connectivity index (χ3n) is 1.64. The molecule has 20 heavy (non-hydrogen) atoms. The van der Waals surface area contributed by atoms with Crippen LogP contribution in [0.3, 0.4) is 0 Å². The summed E-state index contributed by atoms with van der Waals surface area (Å²) in [5, 5.41) is 49.6.